The Morgan fingerprint density at radius 1 is 1.50 bits per heavy atom. The fourth-order valence-corrected chi connectivity index (χ4v) is 3.24. The predicted octanol–water partition coefficient (Wildman–Crippen LogP) is 2.45. The maximum atomic E-state index is 3.65. The molecule has 0 amide bonds. The Kier molecular flexibility index (Phi) is 5.62. The Labute approximate surface area is 106 Å². The molecule has 0 aromatic carbocycles. The molecular weight excluding hydrogens is 216 g/mol. The predicted molar refractivity (Wildman–Crippen MR) is 75.3 cm³/mol. The number of hydrogen-bond donors (Lipinski definition) is 1. The van der Waals surface area contributed by atoms with Gasteiger partial charge in [0.2, 0.25) is 0 Å². The Morgan fingerprint density at radius 3 is 2.75 bits per heavy atom. The zero-order valence-corrected chi connectivity index (χ0v) is 12.4. The van der Waals surface area contributed by atoms with Gasteiger partial charge in [-0.2, -0.15) is 11.8 Å². The van der Waals surface area contributed by atoms with E-state index in [1.54, 1.807) is 0 Å². The van der Waals surface area contributed by atoms with Crippen molar-refractivity contribution in [3.8, 4) is 0 Å². The quantitative estimate of drug-likeness (QED) is 0.800. The van der Waals surface area contributed by atoms with Gasteiger partial charge in [0.15, 0.2) is 0 Å². The highest BCUT2D eigenvalue weighted by Crippen LogP contribution is 2.19. The minimum absolute atomic E-state index is 0.282. The topological polar surface area (TPSA) is 15.3 Å². The highest BCUT2D eigenvalue weighted by Gasteiger charge is 2.31. The van der Waals surface area contributed by atoms with Gasteiger partial charge in [-0.05, 0) is 38.2 Å². The van der Waals surface area contributed by atoms with Crippen molar-refractivity contribution in [2.45, 2.75) is 45.7 Å². The van der Waals surface area contributed by atoms with Crippen LogP contribution < -0.4 is 5.32 Å². The summed E-state index contributed by atoms with van der Waals surface area (Å²) in [5.41, 5.74) is 0.282. The molecule has 0 aromatic heterocycles. The lowest BCUT2D eigenvalue weighted by Gasteiger charge is -2.45. The number of piperazine rings is 1. The van der Waals surface area contributed by atoms with Crippen LogP contribution in [-0.2, 0) is 0 Å². The van der Waals surface area contributed by atoms with Crippen LogP contribution in [0.5, 0.6) is 0 Å². The van der Waals surface area contributed by atoms with Gasteiger partial charge in [-0.3, -0.25) is 4.90 Å². The van der Waals surface area contributed by atoms with E-state index in [4.69, 9.17) is 0 Å². The first-order valence-corrected chi connectivity index (χ1v) is 7.86. The van der Waals surface area contributed by atoms with Gasteiger partial charge in [-0.15, -0.1) is 0 Å². The van der Waals surface area contributed by atoms with Crippen LogP contribution >= 0.6 is 11.8 Å². The lowest BCUT2D eigenvalue weighted by atomic mass is 9.96. The molecule has 0 aliphatic carbocycles. The smallest absolute Gasteiger partial charge is 0.0252 e. The van der Waals surface area contributed by atoms with Gasteiger partial charge in [0.1, 0.15) is 0 Å². The standard InChI is InChI=1S/C13H28N2S/c1-6-12-7-14-13(3,4)10-15(12)8-11(2)9-16-5/h11-12,14H,6-10H2,1-5H3. The van der Waals surface area contributed by atoms with Crippen molar-refractivity contribution in [3.05, 3.63) is 0 Å². The molecule has 3 heteroatoms. The maximum Gasteiger partial charge on any atom is 0.0252 e. The lowest BCUT2D eigenvalue weighted by Crippen LogP contribution is -2.62. The normalized spacial score (nSPS) is 27.9. The van der Waals surface area contributed by atoms with Gasteiger partial charge in [-0.1, -0.05) is 13.8 Å². The minimum atomic E-state index is 0.282. The maximum absolute atomic E-state index is 3.65. The van der Waals surface area contributed by atoms with E-state index in [-0.39, 0.29) is 5.54 Å². The molecule has 1 heterocycles. The molecule has 0 radical (unpaired) electrons. The number of rotatable bonds is 5. The molecule has 0 aromatic rings. The summed E-state index contributed by atoms with van der Waals surface area (Å²) in [5, 5.41) is 3.65. The average molecular weight is 244 g/mol. The van der Waals surface area contributed by atoms with Crippen molar-refractivity contribution >= 4 is 11.8 Å². The number of thioether (sulfide) groups is 1. The van der Waals surface area contributed by atoms with Crippen LogP contribution in [0.15, 0.2) is 0 Å². The van der Waals surface area contributed by atoms with E-state index >= 15 is 0 Å². The van der Waals surface area contributed by atoms with Gasteiger partial charge in [0.05, 0.1) is 0 Å². The summed E-state index contributed by atoms with van der Waals surface area (Å²) in [4.78, 5) is 2.69. The van der Waals surface area contributed by atoms with Crippen LogP contribution in [0.4, 0.5) is 0 Å². The molecule has 2 unspecified atom stereocenters. The Bertz CT molecular complexity index is 206. The first-order valence-electron chi connectivity index (χ1n) is 6.46. The first-order chi connectivity index (χ1) is 7.48. The summed E-state index contributed by atoms with van der Waals surface area (Å²) in [6.45, 7) is 12.9. The second-order valence-corrected chi connectivity index (χ2v) is 6.73. The number of nitrogens with zero attached hydrogens (tertiary/aromatic N) is 1. The molecule has 0 bridgehead atoms. The van der Waals surface area contributed by atoms with E-state index < -0.39 is 0 Å². The van der Waals surface area contributed by atoms with E-state index in [0.717, 1.165) is 18.5 Å². The van der Waals surface area contributed by atoms with E-state index in [9.17, 15) is 0 Å². The molecule has 1 aliphatic heterocycles. The second kappa shape index (κ2) is 6.27. The SMILES string of the molecule is CCC1CNC(C)(C)CN1CC(C)CSC. The number of hydrogen-bond acceptors (Lipinski definition) is 3. The summed E-state index contributed by atoms with van der Waals surface area (Å²) in [6, 6.07) is 0.734. The van der Waals surface area contributed by atoms with Crippen molar-refractivity contribution < 1.29 is 0 Å². The van der Waals surface area contributed by atoms with Crippen molar-refractivity contribution in [1.82, 2.24) is 10.2 Å². The third-order valence-electron chi connectivity index (χ3n) is 3.40. The summed E-state index contributed by atoms with van der Waals surface area (Å²) < 4.78 is 0. The fourth-order valence-electron chi connectivity index (χ4n) is 2.57. The van der Waals surface area contributed by atoms with Crippen molar-refractivity contribution in [3.63, 3.8) is 0 Å². The molecule has 0 spiro atoms. The molecule has 0 saturated carbocycles. The van der Waals surface area contributed by atoms with Crippen molar-refractivity contribution in [1.29, 1.82) is 0 Å². The molecule has 1 fully saturated rings. The lowest BCUT2D eigenvalue weighted by molar-refractivity contribution is 0.0822. The molecule has 96 valence electrons. The second-order valence-electron chi connectivity index (χ2n) is 5.82. The molecule has 1 aliphatic rings. The monoisotopic (exact) mass is 244 g/mol. The van der Waals surface area contributed by atoms with Gasteiger partial charge in [0.25, 0.3) is 0 Å². The number of nitrogens with one attached hydrogen (secondary N) is 1. The van der Waals surface area contributed by atoms with Crippen LogP contribution in [0.2, 0.25) is 0 Å². The highest BCUT2D eigenvalue weighted by molar-refractivity contribution is 7.98. The van der Waals surface area contributed by atoms with Gasteiger partial charge < -0.3 is 5.32 Å². The molecule has 1 rings (SSSR count). The Balaban J connectivity index is 2.51. The third-order valence-corrected chi connectivity index (χ3v) is 4.30. The van der Waals surface area contributed by atoms with Crippen LogP contribution in [0.1, 0.15) is 34.1 Å². The highest BCUT2D eigenvalue weighted by atomic mass is 32.2. The zero-order chi connectivity index (χ0) is 12.2. The van der Waals surface area contributed by atoms with E-state index in [1.807, 2.05) is 11.8 Å². The van der Waals surface area contributed by atoms with Gasteiger partial charge in [0, 0.05) is 31.2 Å². The summed E-state index contributed by atoms with van der Waals surface area (Å²) in [6.07, 6.45) is 3.46. The van der Waals surface area contributed by atoms with Crippen molar-refractivity contribution in [2.24, 2.45) is 5.92 Å². The molecule has 1 saturated heterocycles. The van der Waals surface area contributed by atoms with Gasteiger partial charge >= 0.3 is 0 Å². The van der Waals surface area contributed by atoms with E-state index in [1.165, 1.54) is 25.3 Å². The van der Waals surface area contributed by atoms with Crippen molar-refractivity contribution in [2.75, 3.05) is 31.6 Å². The van der Waals surface area contributed by atoms with Crippen LogP contribution in [0.25, 0.3) is 0 Å². The summed E-state index contributed by atoms with van der Waals surface area (Å²) >= 11 is 1.96. The van der Waals surface area contributed by atoms with E-state index in [0.29, 0.717) is 0 Å². The Morgan fingerprint density at radius 2 is 2.19 bits per heavy atom. The van der Waals surface area contributed by atoms with E-state index in [2.05, 4.69) is 44.2 Å². The summed E-state index contributed by atoms with van der Waals surface area (Å²) in [7, 11) is 0. The molecule has 16 heavy (non-hydrogen) atoms. The minimum Gasteiger partial charge on any atom is -0.309 e. The first kappa shape index (κ1) is 14.3. The van der Waals surface area contributed by atoms with Crippen LogP contribution in [-0.4, -0.2) is 48.1 Å². The largest absolute Gasteiger partial charge is 0.309 e. The fraction of sp³-hybridized carbons (Fsp3) is 1.00. The third kappa shape index (κ3) is 4.27. The molecule has 2 nitrogen and oxygen atoms in total. The van der Waals surface area contributed by atoms with Crippen LogP contribution in [0.3, 0.4) is 0 Å². The molecular formula is C13H28N2S. The average Bonchev–Trinajstić information content (AvgIpc) is 2.17. The summed E-state index contributed by atoms with van der Waals surface area (Å²) in [5.74, 6) is 2.08. The molecule has 2 atom stereocenters. The van der Waals surface area contributed by atoms with Crippen LogP contribution in [0, 0.1) is 5.92 Å². The zero-order valence-electron chi connectivity index (χ0n) is 11.5. The molecule has 1 N–H and O–H groups in total. The van der Waals surface area contributed by atoms with Gasteiger partial charge in [-0.25, -0.2) is 0 Å². The Hall–Kier alpha value is 0.270.